The van der Waals surface area contributed by atoms with Gasteiger partial charge in [-0.3, -0.25) is 4.79 Å². The van der Waals surface area contributed by atoms with Crippen LogP contribution in [0.5, 0.6) is 11.5 Å². The summed E-state index contributed by atoms with van der Waals surface area (Å²) in [5.41, 5.74) is -0.950. The van der Waals surface area contributed by atoms with Gasteiger partial charge in [0, 0.05) is 11.6 Å². The van der Waals surface area contributed by atoms with Gasteiger partial charge >= 0.3 is 6.18 Å². The van der Waals surface area contributed by atoms with Crippen LogP contribution in [0.25, 0.3) is 5.69 Å². The molecule has 2 aromatic carbocycles. The molecule has 1 amide bonds. The Bertz CT molecular complexity index is 1060. The van der Waals surface area contributed by atoms with Gasteiger partial charge < -0.3 is 14.8 Å². The first kappa shape index (κ1) is 19.1. The highest BCUT2D eigenvalue weighted by atomic mass is 35.5. The molecular formula is C19H13ClF3N3O3. The molecule has 0 bridgehead atoms. The van der Waals surface area contributed by atoms with Crippen molar-refractivity contribution in [2.75, 3.05) is 6.79 Å². The van der Waals surface area contributed by atoms with Crippen LogP contribution < -0.4 is 14.8 Å². The van der Waals surface area contributed by atoms with E-state index in [2.05, 4.69) is 10.4 Å². The molecule has 0 radical (unpaired) electrons. The summed E-state index contributed by atoms with van der Waals surface area (Å²) in [6.45, 7) is 0.114. The normalized spacial score (nSPS) is 12.8. The topological polar surface area (TPSA) is 65.4 Å². The van der Waals surface area contributed by atoms with E-state index < -0.39 is 23.3 Å². The van der Waals surface area contributed by atoms with Crippen LogP contribution in [0.2, 0.25) is 5.02 Å². The van der Waals surface area contributed by atoms with E-state index in [1.165, 1.54) is 24.3 Å². The molecule has 3 aromatic rings. The predicted molar refractivity (Wildman–Crippen MR) is 97.3 cm³/mol. The Morgan fingerprint density at radius 3 is 2.59 bits per heavy atom. The van der Waals surface area contributed by atoms with Crippen molar-refractivity contribution in [1.82, 2.24) is 15.1 Å². The molecule has 10 heteroatoms. The summed E-state index contributed by atoms with van der Waals surface area (Å²) in [6, 6.07) is 10.7. The molecule has 1 aliphatic heterocycles. The molecule has 0 aliphatic carbocycles. The number of fused-ring (bicyclic) bond motifs is 1. The Morgan fingerprint density at radius 2 is 1.86 bits per heavy atom. The minimum atomic E-state index is -4.79. The van der Waals surface area contributed by atoms with Gasteiger partial charge in [0.05, 0.1) is 17.4 Å². The molecule has 2 heterocycles. The second kappa shape index (κ2) is 7.32. The molecular weight excluding hydrogens is 411 g/mol. The number of nitrogens with one attached hydrogen (secondary N) is 1. The number of aromatic nitrogens is 2. The molecule has 0 saturated carbocycles. The van der Waals surface area contributed by atoms with Gasteiger partial charge in [0.2, 0.25) is 6.79 Å². The van der Waals surface area contributed by atoms with Crippen LogP contribution in [-0.2, 0) is 12.7 Å². The number of hydrogen-bond acceptors (Lipinski definition) is 4. The summed E-state index contributed by atoms with van der Waals surface area (Å²) in [5.74, 6) is 0.196. The van der Waals surface area contributed by atoms with Gasteiger partial charge in [-0.1, -0.05) is 17.7 Å². The Balaban J connectivity index is 1.59. The number of alkyl halides is 3. The summed E-state index contributed by atoms with van der Waals surface area (Å²) >= 11 is 5.79. The molecule has 29 heavy (non-hydrogen) atoms. The van der Waals surface area contributed by atoms with Crippen molar-refractivity contribution in [2.45, 2.75) is 12.7 Å². The Kier molecular flexibility index (Phi) is 4.83. The Labute approximate surface area is 167 Å². The largest absolute Gasteiger partial charge is 0.454 e. The number of hydrogen-bond donors (Lipinski definition) is 1. The van der Waals surface area contributed by atoms with E-state index in [1.54, 1.807) is 18.2 Å². The van der Waals surface area contributed by atoms with Crippen molar-refractivity contribution in [2.24, 2.45) is 0 Å². The number of ether oxygens (including phenoxy) is 2. The quantitative estimate of drug-likeness (QED) is 0.683. The van der Waals surface area contributed by atoms with Gasteiger partial charge in [0.1, 0.15) is 0 Å². The molecule has 0 saturated heterocycles. The van der Waals surface area contributed by atoms with Crippen LogP contribution >= 0.6 is 11.6 Å². The maximum Gasteiger partial charge on any atom is 0.434 e. The number of carbonyl (C=O) groups excluding carboxylic acids is 1. The second-order valence-corrected chi connectivity index (χ2v) is 6.60. The van der Waals surface area contributed by atoms with E-state index in [9.17, 15) is 18.0 Å². The van der Waals surface area contributed by atoms with E-state index >= 15 is 0 Å². The average Bonchev–Trinajstić information content (AvgIpc) is 3.33. The zero-order valence-corrected chi connectivity index (χ0v) is 15.4. The zero-order valence-electron chi connectivity index (χ0n) is 14.7. The first-order valence-corrected chi connectivity index (χ1v) is 8.78. The average molecular weight is 424 g/mol. The number of benzene rings is 2. The summed E-state index contributed by atoms with van der Waals surface area (Å²) in [7, 11) is 0. The molecule has 1 N–H and O–H groups in total. The van der Waals surface area contributed by atoms with Crippen LogP contribution in [0.1, 0.15) is 21.6 Å². The van der Waals surface area contributed by atoms with Crippen LogP contribution in [0.15, 0.2) is 48.7 Å². The Hall–Kier alpha value is -3.20. The molecule has 4 rings (SSSR count). The maximum absolute atomic E-state index is 13.7. The maximum atomic E-state index is 13.7. The highest BCUT2D eigenvalue weighted by molar-refractivity contribution is 6.30. The fourth-order valence-electron chi connectivity index (χ4n) is 2.89. The van der Waals surface area contributed by atoms with Gasteiger partial charge in [-0.2, -0.15) is 18.3 Å². The summed E-state index contributed by atoms with van der Waals surface area (Å²) in [5, 5.41) is 6.62. The van der Waals surface area contributed by atoms with Crippen LogP contribution in [0.4, 0.5) is 13.2 Å². The second-order valence-electron chi connectivity index (χ2n) is 6.16. The molecule has 0 spiro atoms. The van der Waals surface area contributed by atoms with Crippen molar-refractivity contribution in [1.29, 1.82) is 0 Å². The van der Waals surface area contributed by atoms with E-state index in [0.29, 0.717) is 26.8 Å². The summed E-state index contributed by atoms with van der Waals surface area (Å²) < 4.78 is 52.2. The van der Waals surface area contributed by atoms with Gasteiger partial charge in [0.25, 0.3) is 5.91 Å². The van der Waals surface area contributed by atoms with Crippen LogP contribution in [0.3, 0.4) is 0 Å². The number of nitrogens with zero attached hydrogens (tertiary/aromatic N) is 2. The highest BCUT2D eigenvalue weighted by Crippen LogP contribution is 2.34. The van der Waals surface area contributed by atoms with E-state index in [1.807, 2.05) is 0 Å². The Morgan fingerprint density at radius 1 is 1.14 bits per heavy atom. The van der Waals surface area contributed by atoms with E-state index in [4.69, 9.17) is 21.1 Å². The van der Waals surface area contributed by atoms with Gasteiger partial charge in [-0.25, -0.2) is 4.68 Å². The van der Waals surface area contributed by atoms with Crippen molar-refractivity contribution >= 4 is 17.5 Å². The number of rotatable bonds is 4. The lowest BCUT2D eigenvalue weighted by atomic mass is 10.1. The third kappa shape index (κ3) is 3.86. The van der Waals surface area contributed by atoms with Crippen molar-refractivity contribution < 1.29 is 27.4 Å². The van der Waals surface area contributed by atoms with Gasteiger partial charge in [-0.05, 0) is 42.0 Å². The fraction of sp³-hybridized carbons (Fsp3) is 0.158. The molecule has 1 aliphatic rings. The van der Waals surface area contributed by atoms with Crippen LogP contribution in [-0.4, -0.2) is 22.5 Å². The smallest absolute Gasteiger partial charge is 0.434 e. The molecule has 1 aromatic heterocycles. The lowest BCUT2D eigenvalue weighted by molar-refractivity contribution is -0.143. The van der Waals surface area contributed by atoms with Crippen LogP contribution in [0, 0.1) is 0 Å². The lowest BCUT2D eigenvalue weighted by Gasteiger charge is -2.13. The van der Waals surface area contributed by atoms with Crippen molar-refractivity contribution in [3.8, 4) is 17.2 Å². The fourth-order valence-corrected chi connectivity index (χ4v) is 3.02. The highest BCUT2D eigenvalue weighted by Gasteiger charge is 2.40. The minimum Gasteiger partial charge on any atom is -0.454 e. The molecule has 0 fully saturated rings. The number of halogens is 4. The standard InChI is InChI=1S/C19H13ClF3N3O3/c20-12-2-4-13(5-3-12)26-17(19(21,22)23)14(9-25-26)18(27)24-8-11-1-6-15-16(7-11)29-10-28-15/h1-7,9H,8,10H2,(H,24,27). The van der Waals surface area contributed by atoms with Gasteiger partial charge in [-0.15, -0.1) is 0 Å². The molecule has 0 unspecified atom stereocenters. The first-order chi connectivity index (χ1) is 13.8. The van der Waals surface area contributed by atoms with Crippen molar-refractivity contribution in [3.63, 3.8) is 0 Å². The number of carbonyl (C=O) groups is 1. The van der Waals surface area contributed by atoms with E-state index in [0.717, 1.165) is 6.20 Å². The van der Waals surface area contributed by atoms with Crippen molar-refractivity contribution in [3.05, 3.63) is 70.5 Å². The molecule has 0 atom stereocenters. The summed E-state index contributed by atoms with van der Waals surface area (Å²) in [6.07, 6.45) is -3.89. The zero-order chi connectivity index (χ0) is 20.6. The molecule has 150 valence electrons. The lowest BCUT2D eigenvalue weighted by Crippen LogP contribution is -2.26. The third-order valence-corrected chi connectivity index (χ3v) is 4.50. The van der Waals surface area contributed by atoms with E-state index in [-0.39, 0.29) is 19.0 Å². The monoisotopic (exact) mass is 423 g/mol. The summed E-state index contributed by atoms with van der Waals surface area (Å²) in [4.78, 5) is 12.5. The van der Waals surface area contributed by atoms with Gasteiger partial charge in [0.15, 0.2) is 17.2 Å². The third-order valence-electron chi connectivity index (χ3n) is 4.24. The predicted octanol–water partition coefficient (Wildman–Crippen LogP) is 4.20. The molecule has 6 nitrogen and oxygen atoms in total. The SMILES string of the molecule is O=C(NCc1ccc2c(c1)OCO2)c1cnn(-c2ccc(Cl)cc2)c1C(F)(F)F. The first-order valence-electron chi connectivity index (χ1n) is 8.41. The number of amides is 1. The minimum absolute atomic E-state index is 0.0128.